The molecule has 1 amide bonds. The van der Waals surface area contributed by atoms with Crippen molar-refractivity contribution in [1.82, 2.24) is 10.2 Å². The molecule has 146 valence electrons. The summed E-state index contributed by atoms with van der Waals surface area (Å²) in [5, 5.41) is 3.38. The van der Waals surface area contributed by atoms with Crippen LogP contribution >= 0.6 is 0 Å². The summed E-state index contributed by atoms with van der Waals surface area (Å²) in [5.74, 6) is 0.187. The Morgan fingerprint density at radius 2 is 1.96 bits per heavy atom. The van der Waals surface area contributed by atoms with Gasteiger partial charge in [-0.3, -0.25) is 9.79 Å². The van der Waals surface area contributed by atoms with Crippen LogP contribution in [0.15, 0.2) is 35.3 Å². The highest BCUT2D eigenvalue weighted by Crippen LogP contribution is 2.31. The number of anilines is 1. The molecular formula is C23H28N4O. The lowest BCUT2D eigenvalue weighted by Gasteiger charge is -2.37. The van der Waals surface area contributed by atoms with Gasteiger partial charge in [-0.15, -0.1) is 0 Å². The Balaban J connectivity index is 1.65. The predicted octanol–water partition coefficient (Wildman–Crippen LogP) is 3.04. The molecule has 1 saturated heterocycles. The smallest absolute Gasteiger partial charge is 0.254 e. The van der Waals surface area contributed by atoms with Gasteiger partial charge in [-0.05, 0) is 79.7 Å². The van der Waals surface area contributed by atoms with Crippen LogP contribution < -0.4 is 11.1 Å². The number of amides is 1. The Morgan fingerprint density at radius 1 is 1.18 bits per heavy atom. The summed E-state index contributed by atoms with van der Waals surface area (Å²) in [5.41, 5.74) is 13.2. The molecule has 28 heavy (non-hydrogen) atoms. The van der Waals surface area contributed by atoms with Crippen molar-refractivity contribution < 1.29 is 4.79 Å². The monoisotopic (exact) mass is 376 g/mol. The van der Waals surface area contributed by atoms with Gasteiger partial charge in [-0.2, -0.15) is 0 Å². The Hall–Kier alpha value is -2.66. The number of aryl methyl sites for hydroxylation is 1. The molecule has 0 bridgehead atoms. The zero-order valence-electron chi connectivity index (χ0n) is 16.7. The van der Waals surface area contributed by atoms with Gasteiger partial charge < -0.3 is 16.0 Å². The van der Waals surface area contributed by atoms with E-state index >= 15 is 0 Å². The third kappa shape index (κ3) is 3.42. The van der Waals surface area contributed by atoms with Crippen molar-refractivity contribution in [1.29, 1.82) is 0 Å². The van der Waals surface area contributed by atoms with Crippen LogP contribution in [-0.4, -0.2) is 49.7 Å². The summed E-state index contributed by atoms with van der Waals surface area (Å²) >= 11 is 0. The molecule has 0 unspecified atom stereocenters. The second kappa shape index (κ2) is 7.76. The van der Waals surface area contributed by atoms with E-state index in [4.69, 9.17) is 5.73 Å². The molecule has 0 saturated carbocycles. The van der Waals surface area contributed by atoms with Gasteiger partial charge >= 0.3 is 0 Å². The van der Waals surface area contributed by atoms with Gasteiger partial charge in [-0.25, -0.2) is 0 Å². The molecule has 2 aliphatic rings. The third-order valence-corrected chi connectivity index (χ3v) is 5.99. The highest BCUT2D eigenvalue weighted by molar-refractivity contribution is 5.98. The fourth-order valence-corrected chi connectivity index (χ4v) is 4.39. The molecule has 2 aliphatic heterocycles. The van der Waals surface area contributed by atoms with E-state index in [1.165, 1.54) is 0 Å². The molecule has 3 N–H and O–H groups in total. The number of nitrogens with two attached hydrogens (primary N) is 1. The fourth-order valence-electron chi connectivity index (χ4n) is 4.39. The Bertz CT molecular complexity index is 928. The molecule has 2 heterocycles. The number of nitrogens with one attached hydrogen (secondary N) is 1. The van der Waals surface area contributed by atoms with Crippen molar-refractivity contribution in [2.45, 2.75) is 32.2 Å². The summed E-state index contributed by atoms with van der Waals surface area (Å²) in [4.78, 5) is 19.3. The maximum absolute atomic E-state index is 13.1. The van der Waals surface area contributed by atoms with Crippen molar-refractivity contribution in [3.63, 3.8) is 0 Å². The second-order valence-electron chi connectivity index (χ2n) is 7.78. The van der Waals surface area contributed by atoms with Gasteiger partial charge in [0.2, 0.25) is 0 Å². The van der Waals surface area contributed by atoms with E-state index in [0.717, 1.165) is 78.0 Å². The van der Waals surface area contributed by atoms with Crippen LogP contribution in [-0.2, 0) is 6.42 Å². The minimum absolute atomic E-state index is 0.187. The van der Waals surface area contributed by atoms with E-state index in [9.17, 15) is 4.79 Å². The lowest BCUT2D eigenvalue weighted by molar-refractivity contribution is 0.0624. The number of hydrogen-bond acceptors (Lipinski definition) is 4. The second-order valence-corrected chi connectivity index (χ2v) is 7.78. The molecule has 0 atom stereocenters. The molecule has 0 aromatic heterocycles. The first kappa shape index (κ1) is 18.7. The van der Waals surface area contributed by atoms with E-state index in [2.05, 4.69) is 39.5 Å². The van der Waals surface area contributed by atoms with Crippen LogP contribution in [0.25, 0.3) is 11.1 Å². The van der Waals surface area contributed by atoms with Crippen LogP contribution in [0, 0.1) is 6.92 Å². The number of nitrogen functional groups attached to an aromatic ring is 1. The first-order chi connectivity index (χ1) is 13.6. The highest BCUT2D eigenvalue weighted by Gasteiger charge is 2.30. The van der Waals surface area contributed by atoms with Gasteiger partial charge in [-0.1, -0.05) is 12.1 Å². The maximum Gasteiger partial charge on any atom is 0.254 e. The van der Waals surface area contributed by atoms with E-state index in [0.29, 0.717) is 6.04 Å². The van der Waals surface area contributed by atoms with Crippen LogP contribution in [0.1, 0.15) is 39.9 Å². The summed E-state index contributed by atoms with van der Waals surface area (Å²) in [6.07, 6.45) is 4.80. The Kier molecular flexibility index (Phi) is 5.18. The average molecular weight is 377 g/mol. The van der Waals surface area contributed by atoms with Crippen molar-refractivity contribution in [3.8, 4) is 11.1 Å². The molecule has 1 fully saturated rings. The first-order valence-corrected chi connectivity index (χ1v) is 10.1. The minimum Gasteiger partial charge on any atom is -0.398 e. The van der Waals surface area contributed by atoms with Gasteiger partial charge in [0, 0.05) is 42.7 Å². The normalized spacial score (nSPS) is 17.9. The molecular weight excluding hydrogens is 348 g/mol. The van der Waals surface area contributed by atoms with Crippen LogP contribution in [0.2, 0.25) is 0 Å². The zero-order chi connectivity index (χ0) is 19.7. The fraction of sp³-hybridized carbons (Fsp3) is 0.391. The number of carbonyl (C=O) groups excluding carboxylic acids is 1. The SMILES string of the molecule is CN=Cc1cc(-c2ccc3c(c2)CCN(C2CCNCC2)C3=O)cc(C)c1N. The molecule has 0 spiro atoms. The molecule has 2 aromatic carbocycles. The zero-order valence-corrected chi connectivity index (χ0v) is 16.7. The average Bonchev–Trinajstić information content (AvgIpc) is 2.72. The first-order valence-electron chi connectivity index (χ1n) is 10.1. The van der Waals surface area contributed by atoms with E-state index in [1.54, 1.807) is 13.3 Å². The number of piperidine rings is 1. The van der Waals surface area contributed by atoms with Crippen molar-refractivity contribution in [3.05, 3.63) is 52.6 Å². The summed E-state index contributed by atoms with van der Waals surface area (Å²) in [6.45, 7) is 4.83. The number of hydrogen-bond donors (Lipinski definition) is 2. The topological polar surface area (TPSA) is 70.7 Å². The molecule has 5 heteroatoms. The Labute approximate surface area is 166 Å². The lowest BCUT2D eigenvalue weighted by Crippen LogP contribution is -2.49. The van der Waals surface area contributed by atoms with Gasteiger partial charge in [0.1, 0.15) is 0 Å². The van der Waals surface area contributed by atoms with Crippen LogP contribution in [0.5, 0.6) is 0 Å². The van der Waals surface area contributed by atoms with Crippen LogP contribution in [0.3, 0.4) is 0 Å². The number of nitrogens with zero attached hydrogens (tertiary/aromatic N) is 2. The number of benzene rings is 2. The molecule has 0 aliphatic carbocycles. The van der Waals surface area contributed by atoms with Gasteiger partial charge in [0.05, 0.1) is 0 Å². The number of fused-ring (bicyclic) bond motifs is 1. The largest absolute Gasteiger partial charge is 0.398 e. The number of rotatable bonds is 3. The van der Waals surface area contributed by atoms with Gasteiger partial charge in [0.15, 0.2) is 0 Å². The predicted molar refractivity (Wildman–Crippen MR) is 115 cm³/mol. The summed E-state index contributed by atoms with van der Waals surface area (Å²) in [7, 11) is 1.75. The number of carbonyl (C=O) groups is 1. The highest BCUT2D eigenvalue weighted by atomic mass is 16.2. The summed E-state index contributed by atoms with van der Waals surface area (Å²) in [6, 6.07) is 10.8. The minimum atomic E-state index is 0.187. The van der Waals surface area contributed by atoms with E-state index in [1.807, 2.05) is 13.0 Å². The van der Waals surface area contributed by atoms with Gasteiger partial charge in [0.25, 0.3) is 5.91 Å². The number of aliphatic imine (C=N–C) groups is 1. The van der Waals surface area contributed by atoms with Crippen molar-refractivity contribution in [2.75, 3.05) is 32.4 Å². The van der Waals surface area contributed by atoms with Crippen molar-refractivity contribution in [2.24, 2.45) is 4.99 Å². The Morgan fingerprint density at radius 3 is 2.71 bits per heavy atom. The van der Waals surface area contributed by atoms with Crippen molar-refractivity contribution >= 4 is 17.8 Å². The molecule has 0 radical (unpaired) electrons. The summed E-state index contributed by atoms with van der Waals surface area (Å²) < 4.78 is 0. The lowest BCUT2D eigenvalue weighted by atomic mass is 9.91. The molecule has 2 aromatic rings. The standard InChI is InChI=1S/C23H28N4O/c1-15-11-18(13-19(14-25-2)22(15)24)16-3-4-21-17(12-16)7-10-27(23(21)28)20-5-8-26-9-6-20/h3-4,11-14,20,26H,5-10,24H2,1-2H3. The quantitative estimate of drug-likeness (QED) is 0.639. The maximum atomic E-state index is 13.1. The van der Waals surface area contributed by atoms with Crippen LogP contribution in [0.4, 0.5) is 5.69 Å². The van der Waals surface area contributed by atoms with E-state index in [-0.39, 0.29) is 5.91 Å². The third-order valence-electron chi connectivity index (χ3n) is 5.99. The van der Waals surface area contributed by atoms with E-state index < -0.39 is 0 Å². The molecule has 5 nitrogen and oxygen atoms in total. The molecule has 4 rings (SSSR count).